The first kappa shape index (κ1) is 24.3. The van der Waals surface area contributed by atoms with Crippen LogP contribution < -0.4 is 20.4 Å². The maximum Gasteiger partial charge on any atom is 0.322 e. The molecule has 35 heavy (non-hydrogen) atoms. The molecule has 0 atom stereocenters. The van der Waals surface area contributed by atoms with Crippen LogP contribution in [0.1, 0.15) is 11.1 Å². The average molecular weight is 489 g/mol. The van der Waals surface area contributed by atoms with Crippen molar-refractivity contribution in [2.24, 2.45) is 0 Å². The number of amides is 4. The Morgan fingerprint density at radius 2 is 1.54 bits per heavy atom. The van der Waals surface area contributed by atoms with Gasteiger partial charge in [-0.1, -0.05) is 54.6 Å². The molecule has 1 heterocycles. The van der Waals surface area contributed by atoms with Crippen LogP contribution >= 0.6 is 11.8 Å². The van der Waals surface area contributed by atoms with Gasteiger partial charge in [0.25, 0.3) is 0 Å². The molecule has 0 radical (unpaired) electrons. The molecule has 0 unspecified atom stereocenters. The molecule has 0 spiro atoms. The summed E-state index contributed by atoms with van der Waals surface area (Å²) in [5, 5.41) is 5.77. The predicted octanol–water partition coefficient (Wildman–Crippen LogP) is 3.83. The number of hydrogen-bond acceptors (Lipinski definition) is 4. The van der Waals surface area contributed by atoms with Crippen LogP contribution in [0.5, 0.6) is 0 Å². The number of carbonyl (C=O) groups is 3. The van der Waals surface area contributed by atoms with Crippen LogP contribution in [0.15, 0.2) is 83.8 Å². The number of rotatable bonds is 8. The molecule has 2 N–H and O–H groups in total. The SMILES string of the molecule is CSc1ccc(CCNC(=O)CN2C(=O)CN(C(=O)NCc3ccccc3)c3ccccc32)cc1. The highest BCUT2D eigenvalue weighted by atomic mass is 32.2. The topological polar surface area (TPSA) is 81.8 Å². The standard InChI is InChI=1S/C27H28N4O3S/c1-35-22-13-11-20(12-14-22)15-16-28-25(32)18-30-23-9-5-6-10-24(23)31(19-26(30)33)27(34)29-17-21-7-3-2-4-8-21/h2-14H,15-19H2,1H3,(H,28,32)(H,29,34). The van der Waals surface area contributed by atoms with E-state index in [0.717, 1.165) is 11.1 Å². The lowest BCUT2D eigenvalue weighted by molar-refractivity contribution is -0.123. The van der Waals surface area contributed by atoms with Crippen molar-refractivity contribution < 1.29 is 14.4 Å². The summed E-state index contributed by atoms with van der Waals surface area (Å²) in [7, 11) is 0. The summed E-state index contributed by atoms with van der Waals surface area (Å²) in [5.41, 5.74) is 3.25. The second-order valence-corrected chi connectivity index (χ2v) is 9.03. The van der Waals surface area contributed by atoms with E-state index in [2.05, 4.69) is 34.9 Å². The molecule has 0 fully saturated rings. The highest BCUT2D eigenvalue weighted by Gasteiger charge is 2.33. The van der Waals surface area contributed by atoms with Gasteiger partial charge in [-0.05, 0) is 48.1 Å². The van der Waals surface area contributed by atoms with Crippen LogP contribution in [0.4, 0.5) is 16.2 Å². The Morgan fingerprint density at radius 1 is 0.857 bits per heavy atom. The van der Waals surface area contributed by atoms with E-state index in [4.69, 9.17) is 0 Å². The lowest BCUT2D eigenvalue weighted by atomic mass is 10.1. The fraction of sp³-hybridized carbons (Fsp3) is 0.222. The Balaban J connectivity index is 1.36. The van der Waals surface area contributed by atoms with Crippen molar-refractivity contribution in [3.05, 3.63) is 90.0 Å². The molecular weight excluding hydrogens is 460 g/mol. The van der Waals surface area contributed by atoms with Crippen molar-refractivity contribution in [3.63, 3.8) is 0 Å². The molecule has 1 aliphatic rings. The molecule has 1 aliphatic heterocycles. The van der Waals surface area contributed by atoms with Gasteiger partial charge < -0.3 is 10.6 Å². The van der Waals surface area contributed by atoms with E-state index in [1.54, 1.807) is 30.0 Å². The first-order chi connectivity index (χ1) is 17.0. The summed E-state index contributed by atoms with van der Waals surface area (Å²) in [6.07, 6.45) is 2.74. The van der Waals surface area contributed by atoms with Crippen molar-refractivity contribution in [1.82, 2.24) is 10.6 Å². The van der Waals surface area contributed by atoms with E-state index in [-0.39, 0.29) is 30.9 Å². The van der Waals surface area contributed by atoms with Crippen LogP contribution in [0.3, 0.4) is 0 Å². The van der Waals surface area contributed by atoms with Crippen molar-refractivity contribution >= 4 is 41.0 Å². The quantitative estimate of drug-likeness (QED) is 0.472. The largest absolute Gasteiger partial charge is 0.354 e. The smallest absolute Gasteiger partial charge is 0.322 e. The molecule has 8 heteroatoms. The summed E-state index contributed by atoms with van der Waals surface area (Å²) in [5.74, 6) is -0.544. The molecule has 0 aromatic heterocycles. The molecular formula is C27H28N4O3S. The van der Waals surface area contributed by atoms with E-state index >= 15 is 0 Å². The fourth-order valence-electron chi connectivity index (χ4n) is 3.92. The zero-order chi connectivity index (χ0) is 24.6. The van der Waals surface area contributed by atoms with Crippen LogP contribution in [-0.2, 0) is 22.6 Å². The Bertz CT molecular complexity index is 1180. The molecule has 0 saturated heterocycles. The summed E-state index contributed by atoms with van der Waals surface area (Å²) in [6.45, 7) is 0.612. The first-order valence-electron chi connectivity index (χ1n) is 11.4. The van der Waals surface area contributed by atoms with E-state index < -0.39 is 0 Å². The van der Waals surface area contributed by atoms with Gasteiger partial charge in [-0.3, -0.25) is 19.4 Å². The summed E-state index contributed by atoms with van der Waals surface area (Å²) in [6, 6.07) is 24.6. The number of fused-ring (bicyclic) bond motifs is 1. The number of thioether (sulfide) groups is 1. The lowest BCUT2D eigenvalue weighted by Gasteiger charge is -2.35. The Kier molecular flexibility index (Phi) is 8.05. The maximum absolute atomic E-state index is 13.0. The van der Waals surface area contributed by atoms with Crippen molar-refractivity contribution in [1.29, 1.82) is 0 Å². The first-order valence-corrected chi connectivity index (χ1v) is 12.7. The normalized spacial score (nSPS) is 12.8. The van der Waals surface area contributed by atoms with Gasteiger partial charge in [-0.25, -0.2) is 4.79 Å². The molecule has 7 nitrogen and oxygen atoms in total. The average Bonchev–Trinajstić information content (AvgIpc) is 2.89. The highest BCUT2D eigenvalue weighted by Crippen LogP contribution is 2.33. The van der Waals surface area contributed by atoms with Gasteiger partial charge in [0.1, 0.15) is 13.1 Å². The number of urea groups is 1. The summed E-state index contributed by atoms with van der Waals surface area (Å²) in [4.78, 5) is 42.5. The summed E-state index contributed by atoms with van der Waals surface area (Å²) < 4.78 is 0. The van der Waals surface area contributed by atoms with Crippen LogP contribution in [0, 0.1) is 0 Å². The minimum atomic E-state index is -0.355. The van der Waals surface area contributed by atoms with Crippen molar-refractivity contribution in [2.75, 3.05) is 35.7 Å². The van der Waals surface area contributed by atoms with Gasteiger partial charge in [0, 0.05) is 18.0 Å². The van der Waals surface area contributed by atoms with Gasteiger partial charge in [0.2, 0.25) is 11.8 Å². The molecule has 0 bridgehead atoms. The van der Waals surface area contributed by atoms with Gasteiger partial charge in [0.15, 0.2) is 0 Å². The molecule has 3 aromatic carbocycles. The Morgan fingerprint density at radius 3 is 2.26 bits per heavy atom. The van der Waals surface area contributed by atoms with Crippen molar-refractivity contribution in [2.45, 2.75) is 17.9 Å². The van der Waals surface area contributed by atoms with E-state index in [1.165, 1.54) is 14.7 Å². The summed E-state index contributed by atoms with van der Waals surface area (Å²) >= 11 is 1.69. The Hall–Kier alpha value is -3.78. The van der Waals surface area contributed by atoms with Gasteiger partial charge in [-0.15, -0.1) is 11.8 Å². The molecule has 0 saturated carbocycles. The molecule has 4 amide bonds. The zero-order valence-electron chi connectivity index (χ0n) is 19.6. The van der Waals surface area contributed by atoms with Crippen LogP contribution in [0.2, 0.25) is 0 Å². The molecule has 4 rings (SSSR count). The third-order valence-electron chi connectivity index (χ3n) is 5.79. The van der Waals surface area contributed by atoms with E-state index in [9.17, 15) is 14.4 Å². The number of nitrogens with one attached hydrogen (secondary N) is 2. The lowest BCUT2D eigenvalue weighted by Crippen LogP contribution is -2.53. The number of para-hydroxylation sites is 2. The second kappa shape index (κ2) is 11.6. The Labute approximate surface area is 209 Å². The molecule has 3 aromatic rings. The number of carbonyl (C=O) groups excluding carboxylic acids is 3. The zero-order valence-corrected chi connectivity index (χ0v) is 20.4. The maximum atomic E-state index is 13.0. The number of benzene rings is 3. The third-order valence-corrected chi connectivity index (χ3v) is 6.53. The van der Waals surface area contributed by atoms with E-state index in [1.807, 2.05) is 42.7 Å². The predicted molar refractivity (Wildman–Crippen MR) is 140 cm³/mol. The third kappa shape index (κ3) is 6.22. The monoisotopic (exact) mass is 488 g/mol. The highest BCUT2D eigenvalue weighted by molar-refractivity contribution is 7.98. The van der Waals surface area contributed by atoms with Gasteiger partial charge in [-0.2, -0.15) is 0 Å². The van der Waals surface area contributed by atoms with Crippen LogP contribution in [0.25, 0.3) is 0 Å². The number of anilines is 2. The molecule has 0 aliphatic carbocycles. The van der Waals surface area contributed by atoms with Gasteiger partial charge >= 0.3 is 6.03 Å². The second-order valence-electron chi connectivity index (χ2n) is 8.15. The minimum Gasteiger partial charge on any atom is -0.354 e. The molecule has 180 valence electrons. The fourth-order valence-corrected chi connectivity index (χ4v) is 4.33. The number of nitrogens with zero attached hydrogens (tertiary/aromatic N) is 2. The van der Waals surface area contributed by atoms with Gasteiger partial charge in [0.05, 0.1) is 11.4 Å². The number of hydrogen-bond donors (Lipinski definition) is 2. The van der Waals surface area contributed by atoms with Crippen molar-refractivity contribution in [3.8, 4) is 0 Å². The van der Waals surface area contributed by atoms with Crippen LogP contribution in [-0.4, -0.2) is 43.7 Å². The van der Waals surface area contributed by atoms with E-state index in [0.29, 0.717) is 30.9 Å². The minimum absolute atomic E-state index is 0.0965.